The average Bonchev–Trinajstić information content (AvgIpc) is 2.48. The molecule has 1 nitrogen and oxygen atoms in total. The van der Waals surface area contributed by atoms with Gasteiger partial charge in [0.1, 0.15) is 0 Å². The summed E-state index contributed by atoms with van der Waals surface area (Å²) in [5.74, 6) is 6.19. The molecule has 108 valence electrons. The lowest BCUT2D eigenvalue weighted by atomic mass is 10.1. The first-order chi connectivity index (χ1) is 10.1. The van der Waals surface area contributed by atoms with Gasteiger partial charge >= 0.3 is 0 Å². The molecule has 0 spiro atoms. The lowest BCUT2D eigenvalue weighted by Crippen LogP contribution is -2.20. The highest BCUT2D eigenvalue weighted by atomic mass is 19.3. The van der Waals surface area contributed by atoms with Crippen LogP contribution in [0.1, 0.15) is 22.3 Å². The van der Waals surface area contributed by atoms with Crippen LogP contribution in [0.3, 0.4) is 0 Å². The Morgan fingerprint density at radius 2 is 1.43 bits per heavy atom. The van der Waals surface area contributed by atoms with Crippen LogP contribution < -0.4 is 5.32 Å². The molecule has 1 N–H and O–H groups in total. The number of alkyl halides is 2. The Balaban J connectivity index is 1.95. The normalized spacial score (nSPS) is 10.3. The van der Waals surface area contributed by atoms with Gasteiger partial charge in [-0.2, -0.15) is 0 Å². The fourth-order valence-corrected chi connectivity index (χ4v) is 1.81. The molecule has 0 bridgehead atoms. The van der Waals surface area contributed by atoms with Gasteiger partial charge in [0.25, 0.3) is 6.43 Å². The van der Waals surface area contributed by atoms with Crippen molar-refractivity contribution in [3.8, 4) is 11.8 Å². The maximum Gasteiger partial charge on any atom is 0.250 e. The zero-order valence-corrected chi connectivity index (χ0v) is 11.9. The van der Waals surface area contributed by atoms with Crippen LogP contribution in [0.15, 0.2) is 48.5 Å². The third kappa shape index (κ3) is 5.37. The molecule has 0 heterocycles. The molecular weight excluding hydrogens is 268 g/mol. The Bertz CT molecular complexity index is 619. The van der Waals surface area contributed by atoms with E-state index < -0.39 is 6.43 Å². The van der Waals surface area contributed by atoms with Crippen LogP contribution in [-0.2, 0) is 6.54 Å². The maximum atomic E-state index is 12.0. The fourth-order valence-electron chi connectivity index (χ4n) is 1.81. The summed E-state index contributed by atoms with van der Waals surface area (Å²) in [6.45, 7) is 2.20. The van der Waals surface area contributed by atoms with Crippen molar-refractivity contribution >= 4 is 0 Å². The van der Waals surface area contributed by atoms with Gasteiger partial charge in [-0.25, -0.2) is 8.78 Å². The van der Waals surface area contributed by atoms with E-state index in [0.717, 1.165) is 16.7 Å². The van der Waals surface area contributed by atoms with Gasteiger partial charge in [0.15, 0.2) is 0 Å². The van der Waals surface area contributed by atoms with Gasteiger partial charge in [0, 0.05) is 17.7 Å². The number of aryl methyl sites for hydroxylation is 1. The Hall–Kier alpha value is -2.18. The molecule has 2 aromatic carbocycles. The lowest BCUT2D eigenvalue weighted by Gasteiger charge is -2.03. The highest BCUT2D eigenvalue weighted by Crippen LogP contribution is 2.05. The van der Waals surface area contributed by atoms with E-state index in [1.807, 2.05) is 55.5 Å². The van der Waals surface area contributed by atoms with E-state index >= 15 is 0 Å². The van der Waals surface area contributed by atoms with Crippen molar-refractivity contribution in [3.63, 3.8) is 0 Å². The predicted molar refractivity (Wildman–Crippen MR) is 81.3 cm³/mol. The number of halogens is 2. The van der Waals surface area contributed by atoms with Crippen molar-refractivity contribution < 1.29 is 8.78 Å². The van der Waals surface area contributed by atoms with Crippen LogP contribution in [0.2, 0.25) is 0 Å². The molecule has 0 saturated carbocycles. The largest absolute Gasteiger partial charge is 0.307 e. The smallest absolute Gasteiger partial charge is 0.250 e. The minimum absolute atomic E-state index is 0.283. The van der Waals surface area contributed by atoms with E-state index in [9.17, 15) is 8.78 Å². The van der Waals surface area contributed by atoms with Crippen molar-refractivity contribution in [2.75, 3.05) is 6.54 Å². The summed E-state index contributed by atoms with van der Waals surface area (Å²) in [7, 11) is 0. The summed E-state index contributed by atoms with van der Waals surface area (Å²) >= 11 is 0. The van der Waals surface area contributed by atoms with E-state index in [2.05, 4.69) is 17.2 Å². The molecule has 0 atom stereocenters. The monoisotopic (exact) mass is 285 g/mol. The molecule has 0 aliphatic carbocycles. The second-order valence-corrected chi connectivity index (χ2v) is 4.83. The fraction of sp³-hybridized carbons (Fsp3) is 0.222. The van der Waals surface area contributed by atoms with E-state index in [-0.39, 0.29) is 6.54 Å². The van der Waals surface area contributed by atoms with Crippen LogP contribution in [-0.4, -0.2) is 13.0 Å². The van der Waals surface area contributed by atoms with E-state index in [1.54, 1.807) is 0 Å². The standard InChI is InChI=1S/C18H17F2N/c1-14-2-4-15(5-3-14)6-7-16-8-10-17(11-9-16)12-21-13-18(19)20/h2-5,8-11,18,21H,12-13H2,1H3. The second kappa shape index (κ2) is 7.56. The molecule has 2 aromatic rings. The molecule has 0 radical (unpaired) electrons. The topological polar surface area (TPSA) is 12.0 Å². The number of hydrogen-bond acceptors (Lipinski definition) is 1. The second-order valence-electron chi connectivity index (χ2n) is 4.83. The molecule has 21 heavy (non-hydrogen) atoms. The first-order valence-corrected chi connectivity index (χ1v) is 6.80. The third-order valence-corrected chi connectivity index (χ3v) is 2.98. The number of rotatable bonds is 4. The molecule has 3 heteroatoms. The Kier molecular flexibility index (Phi) is 5.48. The minimum Gasteiger partial charge on any atom is -0.307 e. The van der Waals surface area contributed by atoms with Gasteiger partial charge in [0.05, 0.1) is 6.54 Å². The molecule has 0 unspecified atom stereocenters. The van der Waals surface area contributed by atoms with Crippen molar-refractivity contribution in [2.24, 2.45) is 0 Å². The predicted octanol–water partition coefficient (Wildman–Crippen LogP) is 3.75. The zero-order chi connectivity index (χ0) is 15.1. The first kappa shape index (κ1) is 15.2. The van der Waals surface area contributed by atoms with Crippen LogP contribution in [0.5, 0.6) is 0 Å². The molecule has 0 aliphatic heterocycles. The van der Waals surface area contributed by atoms with E-state index in [0.29, 0.717) is 6.54 Å². The summed E-state index contributed by atoms with van der Waals surface area (Å²) < 4.78 is 24.0. The van der Waals surface area contributed by atoms with Gasteiger partial charge in [0.2, 0.25) is 0 Å². The highest BCUT2D eigenvalue weighted by molar-refractivity contribution is 5.43. The SMILES string of the molecule is Cc1ccc(C#Cc2ccc(CNCC(F)F)cc2)cc1. The van der Waals surface area contributed by atoms with Gasteiger partial charge in [-0.15, -0.1) is 0 Å². The zero-order valence-electron chi connectivity index (χ0n) is 11.9. The van der Waals surface area contributed by atoms with Crippen LogP contribution in [0, 0.1) is 18.8 Å². The molecule has 0 saturated heterocycles. The quantitative estimate of drug-likeness (QED) is 0.844. The Morgan fingerprint density at radius 3 is 1.95 bits per heavy atom. The molecule has 0 aromatic heterocycles. The third-order valence-electron chi connectivity index (χ3n) is 2.98. The van der Waals surface area contributed by atoms with Crippen molar-refractivity contribution in [3.05, 3.63) is 70.8 Å². The summed E-state index contributed by atoms with van der Waals surface area (Å²) in [6, 6.07) is 15.6. The van der Waals surface area contributed by atoms with Crippen molar-refractivity contribution in [1.29, 1.82) is 0 Å². The van der Waals surface area contributed by atoms with Crippen molar-refractivity contribution in [1.82, 2.24) is 5.32 Å². The van der Waals surface area contributed by atoms with Crippen LogP contribution in [0.25, 0.3) is 0 Å². The van der Waals surface area contributed by atoms with Crippen molar-refractivity contribution in [2.45, 2.75) is 19.9 Å². The van der Waals surface area contributed by atoms with Gasteiger partial charge in [-0.05, 0) is 36.8 Å². The minimum atomic E-state index is -2.32. The van der Waals surface area contributed by atoms with Crippen LogP contribution in [0.4, 0.5) is 8.78 Å². The Labute approximate surface area is 124 Å². The maximum absolute atomic E-state index is 12.0. The molecule has 0 aliphatic rings. The Morgan fingerprint density at radius 1 is 0.905 bits per heavy atom. The number of hydrogen-bond donors (Lipinski definition) is 1. The van der Waals surface area contributed by atoms with Gasteiger partial charge in [-0.3, -0.25) is 0 Å². The van der Waals surface area contributed by atoms with Crippen LogP contribution >= 0.6 is 0 Å². The van der Waals surface area contributed by atoms with Gasteiger partial charge < -0.3 is 5.32 Å². The summed E-state index contributed by atoms with van der Waals surface area (Å²) in [6.07, 6.45) is -2.32. The molecule has 0 fully saturated rings. The summed E-state index contributed by atoms with van der Waals surface area (Å²) in [5.41, 5.74) is 4.06. The molecule has 0 amide bonds. The molecule has 2 rings (SSSR count). The van der Waals surface area contributed by atoms with E-state index in [1.165, 1.54) is 5.56 Å². The summed E-state index contributed by atoms with van der Waals surface area (Å²) in [4.78, 5) is 0. The first-order valence-electron chi connectivity index (χ1n) is 6.80. The lowest BCUT2D eigenvalue weighted by molar-refractivity contribution is 0.145. The van der Waals surface area contributed by atoms with E-state index in [4.69, 9.17) is 0 Å². The van der Waals surface area contributed by atoms with Gasteiger partial charge in [-0.1, -0.05) is 41.7 Å². The molecular formula is C18H17F2N. The number of nitrogens with one attached hydrogen (secondary N) is 1. The summed E-state index contributed by atoms with van der Waals surface area (Å²) in [5, 5.41) is 2.70. The average molecular weight is 285 g/mol. The highest BCUT2D eigenvalue weighted by Gasteiger charge is 2.00. The number of benzene rings is 2.